The summed E-state index contributed by atoms with van der Waals surface area (Å²) in [6.45, 7) is 6.81. The Morgan fingerprint density at radius 1 is 1.26 bits per heavy atom. The van der Waals surface area contributed by atoms with Gasteiger partial charge < -0.3 is 34.9 Å². The van der Waals surface area contributed by atoms with Gasteiger partial charge in [-0.2, -0.15) is 0 Å². The number of ether oxygens (including phenoxy) is 2. The summed E-state index contributed by atoms with van der Waals surface area (Å²) >= 11 is 0. The molecule has 3 heterocycles. The van der Waals surface area contributed by atoms with Crippen LogP contribution in [0.15, 0.2) is 42.5 Å². The Balaban J connectivity index is 1.45. The van der Waals surface area contributed by atoms with Crippen molar-refractivity contribution < 1.29 is 29.0 Å². The zero-order valence-corrected chi connectivity index (χ0v) is 24.1. The fourth-order valence-corrected chi connectivity index (χ4v) is 9.35. The van der Waals surface area contributed by atoms with E-state index in [1.807, 2.05) is 62.5 Å². The Labute approximate surface area is 230 Å². The van der Waals surface area contributed by atoms with Crippen LogP contribution in [-0.2, 0) is 26.5 Å². The molecule has 2 amide bonds. The van der Waals surface area contributed by atoms with Gasteiger partial charge in [0.1, 0.15) is 5.75 Å². The first kappa shape index (κ1) is 27.8. The molecule has 2 fully saturated rings. The van der Waals surface area contributed by atoms with Gasteiger partial charge in [-0.1, -0.05) is 19.1 Å². The molecule has 0 saturated carbocycles. The zero-order valence-electron chi connectivity index (χ0n) is 23.1. The molecule has 0 aromatic heterocycles. The number of carbonyl (C=O) groups is 2. The molecule has 3 aliphatic heterocycles. The number of aliphatic hydroxyl groups is 1. The molecule has 4 N–H and O–H groups in total. The summed E-state index contributed by atoms with van der Waals surface area (Å²) in [5, 5.41) is 15.9. The molecule has 39 heavy (non-hydrogen) atoms. The number of benzene rings is 2. The summed E-state index contributed by atoms with van der Waals surface area (Å²) in [6.07, 6.45) is 1.75. The largest absolute Gasteiger partial charge is 0.497 e. The van der Waals surface area contributed by atoms with Gasteiger partial charge in [-0.25, -0.2) is 0 Å². The second-order valence-corrected chi connectivity index (χ2v) is 15.5. The molecule has 0 aliphatic carbocycles. The lowest BCUT2D eigenvalue weighted by molar-refractivity contribution is -0.146. The molecule has 1 spiro atoms. The smallest absolute Gasteiger partial charge is 0.264 e. The molecule has 5 rings (SSSR count). The van der Waals surface area contributed by atoms with Gasteiger partial charge in [0.05, 0.1) is 31.5 Å². The summed E-state index contributed by atoms with van der Waals surface area (Å²) in [7, 11) is -1.17. The van der Waals surface area contributed by atoms with E-state index in [1.54, 1.807) is 12.0 Å². The first-order valence-electron chi connectivity index (χ1n) is 13.7. The van der Waals surface area contributed by atoms with Gasteiger partial charge in [0.15, 0.2) is 13.9 Å². The van der Waals surface area contributed by atoms with Crippen LogP contribution in [0, 0.1) is 5.92 Å². The molecule has 9 nitrogen and oxygen atoms in total. The van der Waals surface area contributed by atoms with Crippen LogP contribution in [0.2, 0.25) is 18.6 Å². The molecule has 2 aromatic carbocycles. The van der Waals surface area contributed by atoms with Crippen LogP contribution < -0.4 is 20.3 Å². The van der Waals surface area contributed by atoms with Crippen molar-refractivity contribution in [3.63, 3.8) is 0 Å². The van der Waals surface area contributed by atoms with Gasteiger partial charge in [-0.15, -0.1) is 0 Å². The number of fused-ring (bicyclic) bond motifs is 2. The highest BCUT2D eigenvalue weighted by atomic mass is 28.4. The standard InChI is InChI=1S/C29H39N3O6Si/c1-18-26(39(3,4)36)25(13-15-33)38-29(18)22-16-21(37-2)11-12-24(22)32(28(29)35)17-19-7-9-20(10-8-19)31-27(34)23-6-5-14-30-23/h7-12,16,18,23,25-26,30,33,36H,5-6,13-15,17H2,1-4H3,(H,31,34)/t18-,23+,25+,26-,29+/m0/s1. The highest BCUT2D eigenvalue weighted by Gasteiger charge is 2.66. The van der Waals surface area contributed by atoms with Gasteiger partial charge in [0, 0.05) is 29.3 Å². The quantitative estimate of drug-likeness (QED) is 0.371. The average Bonchev–Trinajstić information content (AvgIpc) is 3.59. The van der Waals surface area contributed by atoms with Crippen molar-refractivity contribution in [3.8, 4) is 5.75 Å². The predicted octanol–water partition coefficient (Wildman–Crippen LogP) is 3.11. The number of amides is 2. The highest BCUT2D eigenvalue weighted by molar-refractivity contribution is 6.71. The van der Waals surface area contributed by atoms with Gasteiger partial charge in [-0.3, -0.25) is 9.59 Å². The monoisotopic (exact) mass is 553 g/mol. The van der Waals surface area contributed by atoms with E-state index in [9.17, 15) is 19.5 Å². The van der Waals surface area contributed by atoms with Crippen LogP contribution in [0.4, 0.5) is 11.4 Å². The van der Waals surface area contributed by atoms with E-state index in [0.29, 0.717) is 24.4 Å². The minimum absolute atomic E-state index is 0.0329. The summed E-state index contributed by atoms with van der Waals surface area (Å²) in [4.78, 5) is 39.8. The van der Waals surface area contributed by atoms with Crippen molar-refractivity contribution in [1.29, 1.82) is 0 Å². The maximum atomic E-state index is 14.4. The van der Waals surface area contributed by atoms with Crippen molar-refractivity contribution in [2.75, 3.05) is 30.5 Å². The number of aliphatic hydroxyl groups excluding tert-OH is 1. The lowest BCUT2D eigenvalue weighted by Gasteiger charge is -2.32. The van der Waals surface area contributed by atoms with E-state index < -0.39 is 20.0 Å². The van der Waals surface area contributed by atoms with Crippen LogP contribution in [-0.4, -0.2) is 62.4 Å². The lowest BCUT2D eigenvalue weighted by atomic mass is 9.82. The van der Waals surface area contributed by atoms with Gasteiger partial charge in [-0.05, 0) is 74.8 Å². The van der Waals surface area contributed by atoms with E-state index in [2.05, 4.69) is 10.6 Å². The van der Waals surface area contributed by atoms with E-state index >= 15 is 0 Å². The fourth-order valence-electron chi connectivity index (χ4n) is 6.75. The number of rotatable bonds is 8. The van der Waals surface area contributed by atoms with Crippen molar-refractivity contribution in [2.45, 2.75) is 69.1 Å². The van der Waals surface area contributed by atoms with E-state index in [-0.39, 0.29) is 35.9 Å². The minimum atomic E-state index is -2.76. The summed E-state index contributed by atoms with van der Waals surface area (Å²) < 4.78 is 12.1. The third kappa shape index (κ3) is 4.89. The number of methoxy groups -OCH3 is 1. The van der Waals surface area contributed by atoms with Crippen LogP contribution in [0.1, 0.15) is 37.3 Å². The highest BCUT2D eigenvalue weighted by Crippen LogP contribution is 2.60. The normalized spacial score (nSPS) is 28.3. The molecule has 210 valence electrons. The van der Waals surface area contributed by atoms with E-state index in [1.165, 1.54) is 0 Å². The number of hydrogen-bond donors (Lipinski definition) is 4. The Kier molecular flexibility index (Phi) is 7.60. The van der Waals surface area contributed by atoms with Crippen molar-refractivity contribution in [1.82, 2.24) is 5.32 Å². The minimum Gasteiger partial charge on any atom is -0.497 e. The predicted molar refractivity (Wildman–Crippen MR) is 151 cm³/mol. The Morgan fingerprint density at radius 3 is 2.62 bits per heavy atom. The third-order valence-electron chi connectivity index (χ3n) is 8.54. The van der Waals surface area contributed by atoms with Crippen LogP contribution >= 0.6 is 0 Å². The van der Waals surface area contributed by atoms with Gasteiger partial charge >= 0.3 is 0 Å². The molecule has 0 unspecified atom stereocenters. The van der Waals surface area contributed by atoms with Crippen LogP contribution in [0.3, 0.4) is 0 Å². The Morgan fingerprint density at radius 2 is 2.00 bits per heavy atom. The number of hydrogen-bond acceptors (Lipinski definition) is 7. The molecule has 2 aromatic rings. The van der Waals surface area contributed by atoms with Crippen molar-refractivity contribution in [3.05, 3.63) is 53.6 Å². The molecule has 0 radical (unpaired) electrons. The number of carbonyl (C=O) groups excluding carboxylic acids is 2. The van der Waals surface area contributed by atoms with Crippen molar-refractivity contribution in [2.24, 2.45) is 5.92 Å². The summed E-state index contributed by atoms with van der Waals surface area (Å²) in [5.41, 5.74) is 1.59. The molecular weight excluding hydrogens is 514 g/mol. The zero-order chi connectivity index (χ0) is 27.9. The SMILES string of the molecule is COc1ccc2c(c1)[C@@]1(O[C@H](CCO)[C@@H]([Si](C)(C)O)[C@@H]1C)C(=O)N2Cc1ccc(NC(=O)[C@H]2CCCN2)cc1. The number of anilines is 2. The van der Waals surface area contributed by atoms with Gasteiger partial charge in [0.25, 0.3) is 5.91 Å². The first-order valence-corrected chi connectivity index (χ1v) is 16.8. The topological polar surface area (TPSA) is 120 Å². The lowest BCUT2D eigenvalue weighted by Crippen LogP contribution is -2.46. The number of nitrogens with one attached hydrogen (secondary N) is 2. The molecule has 2 saturated heterocycles. The Bertz CT molecular complexity index is 1230. The molecule has 3 aliphatic rings. The van der Waals surface area contributed by atoms with Crippen LogP contribution in [0.25, 0.3) is 0 Å². The Hall–Kier alpha value is -2.76. The maximum Gasteiger partial charge on any atom is 0.264 e. The number of nitrogens with zero attached hydrogens (tertiary/aromatic N) is 1. The summed E-state index contributed by atoms with van der Waals surface area (Å²) in [6, 6.07) is 13.0. The molecule has 5 atom stereocenters. The molecular formula is C29H39N3O6Si. The van der Waals surface area contributed by atoms with Gasteiger partial charge in [0.2, 0.25) is 5.91 Å². The average molecular weight is 554 g/mol. The fraction of sp³-hybridized carbons (Fsp3) is 0.517. The summed E-state index contributed by atoms with van der Waals surface area (Å²) in [5.74, 6) is 0.116. The van der Waals surface area contributed by atoms with Crippen molar-refractivity contribution >= 4 is 31.5 Å². The van der Waals surface area contributed by atoms with Crippen LogP contribution in [0.5, 0.6) is 5.75 Å². The second kappa shape index (κ2) is 10.7. The first-order chi connectivity index (χ1) is 18.6. The second-order valence-electron chi connectivity index (χ2n) is 11.5. The molecule has 0 bridgehead atoms. The molecule has 10 heteroatoms. The van der Waals surface area contributed by atoms with E-state index in [0.717, 1.165) is 36.2 Å². The maximum absolute atomic E-state index is 14.4. The van der Waals surface area contributed by atoms with E-state index in [4.69, 9.17) is 9.47 Å². The third-order valence-corrected chi connectivity index (χ3v) is 11.0.